The normalized spacial score (nSPS) is 9.67. The number of hydrogen-bond acceptors (Lipinski definition) is 2. The number of hydrogen-bond donors (Lipinski definition) is 0. The molecule has 0 aromatic heterocycles. The third-order valence-corrected chi connectivity index (χ3v) is 3.89. The van der Waals surface area contributed by atoms with E-state index >= 15 is 0 Å². The van der Waals surface area contributed by atoms with Gasteiger partial charge in [0.05, 0.1) is 9.79 Å². The molecule has 0 heterocycles. The highest BCUT2D eigenvalue weighted by atomic mass is 79.9. The predicted octanol–water partition coefficient (Wildman–Crippen LogP) is 4.12. The summed E-state index contributed by atoms with van der Waals surface area (Å²) in [6.07, 6.45) is 0. The molecule has 0 aliphatic rings. The largest absolute Gasteiger partial charge is 0.219 e. The summed E-state index contributed by atoms with van der Waals surface area (Å²) in [5, 5.41) is 0. The lowest BCUT2D eigenvalue weighted by Gasteiger charge is -2.03. The standard InChI is InChI=1S/C12H10O2S.C2H6.BrH/c13-15(14,11-7-3-1-4-8-11)12-9-5-2-6-10-12;1-2;/h1-10H;1-2H3;1H. The van der Waals surface area contributed by atoms with Crippen molar-refractivity contribution in [2.75, 3.05) is 0 Å². The first-order chi connectivity index (χ1) is 8.21. The minimum atomic E-state index is -3.34. The molecule has 0 N–H and O–H groups in total. The Hall–Kier alpha value is -1.13. The van der Waals surface area contributed by atoms with Crippen molar-refractivity contribution in [1.82, 2.24) is 0 Å². The summed E-state index contributed by atoms with van der Waals surface area (Å²) in [6.45, 7) is 4.00. The van der Waals surface area contributed by atoms with Gasteiger partial charge in [-0.05, 0) is 24.3 Å². The van der Waals surface area contributed by atoms with Crippen molar-refractivity contribution < 1.29 is 8.42 Å². The second-order valence-corrected chi connectivity index (χ2v) is 5.08. The molecule has 98 valence electrons. The van der Waals surface area contributed by atoms with E-state index < -0.39 is 9.84 Å². The minimum Gasteiger partial charge on any atom is -0.219 e. The third kappa shape index (κ3) is 3.96. The molecular formula is C14H17BrO2S. The lowest BCUT2D eigenvalue weighted by Crippen LogP contribution is -2.00. The van der Waals surface area contributed by atoms with E-state index in [1.807, 2.05) is 13.8 Å². The summed E-state index contributed by atoms with van der Waals surface area (Å²) in [7, 11) is -3.34. The van der Waals surface area contributed by atoms with Crippen LogP contribution in [0.1, 0.15) is 13.8 Å². The average molecular weight is 329 g/mol. The summed E-state index contributed by atoms with van der Waals surface area (Å²) >= 11 is 0. The molecular weight excluding hydrogens is 312 g/mol. The first-order valence-corrected chi connectivity index (χ1v) is 7.05. The summed E-state index contributed by atoms with van der Waals surface area (Å²) in [5.41, 5.74) is 0. The van der Waals surface area contributed by atoms with Crippen molar-refractivity contribution in [3.63, 3.8) is 0 Å². The summed E-state index contributed by atoms with van der Waals surface area (Å²) in [6, 6.07) is 16.9. The molecule has 4 heteroatoms. The SMILES string of the molecule is Br.CC.O=S(=O)(c1ccccc1)c1ccccc1. The highest BCUT2D eigenvalue weighted by Gasteiger charge is 2.15. The van der Waals surface area contributed by atoms with Crippen LogP contribution in [-0.2, 0) is 9.84 Å². The fourth-order valence-electron chi connectivity index (χ4n) is 1.34. The van der Waals surface area contributed by atoms with Gasteiger partial charge in [0.2, 0.25) is 9.84 Å². The Morgan fingerprint density at radius 2 is 0.944 bits per heavy atom. The molecule has 0 amide bonds. The van der Waals surface area contributed by atoms with Gasteiger partial charge in [-0.1, -0.05) is 50.2 Å². The maximum Gasteiger partial charge on any atom is 0.206 e. The van der Waals surface area contributed by atoms with E-state index in [2.05, 4.69) is 0 Å². The van der Waals surface area contributed by atoms with Crippen LogP contribution < -0.4 is 0 Å². The van der Waals surface area contributed by atoms with Gasteiger partial charge in [-0.3, -0.25) is 0 Å². The van der Waals surface area contributed by atoms with Crippen molar-refractivity contribution >= 4 is 26.8 Å². The van der Waals surface area contributed by atoms with Crippen molar-refractivity contribution in [3.05, 3.63) is 60.7 Å². The zero-order valence-corrected chi connectivity index (χ0v) is 12.9. The number of sulfone groups is 1. The molecule has 2 aromatic rings. The highest BCUT2D eigenvalue weighted by molar-refractivity contribution is 8.93. The van der Waals surface area contributed by atoms with Crippen LogP contribution in [0.25, 0.3) is 0 Å². The molecule has 0 saturated carbocycles. The van der Waals surface area contributed by atoms with E-state index in [4.69, 9.17) is 0 Å². The Morgan fingerprint density at radius 1 is 0.667 bits per heavy atom. The van der Waals surface area contributed by atoms with Crippen molar-refractivity contribution in [2.24, 2.45) is 0 Å². The van der Waals surface area contributed by atoms with Crippen LogP contribution in [0.3, 0.4) is 0 Å². The highest BCUT2D eigenvalue weighted by Crippen LogP contribution is 2.19. The molecule has 0 saturated heterocycles. The molecule has 2 nitrogen and oxygen atoms in total. The Kier molecular flexibility index (Phi) is 7.55. The van der Waals surface area contributed by atoms with Crippen molar-refractivity contribution in [2.45, 2.75) is 23.6 Å². The quantitative estimate of drug-likeness (QED) is 0.830. The van der Waals surface area contributed by atoms with Gasteiger partial charge in [0.1, 0.15) is 0 Å². The van der Waals surface area contributed by atoms with E-state index in [9.17, 15) is 8.42 Å². The fourth-order valence-corrected chi connectivity index (χ4v) is 2.64. The van der Waals surface area contributed by atoms with E-state index in [0.29, 0.717) is 9.79 Å². The van der Waals surface area contributed by atoms with Crippen LogP contribution >= 0.6 is 17.0 Å². The smallest absolute Gasteiger partial charge is 0.206 e. The van der Waals surface area contributed by atoms with Crippen LogP contribution in [0.2, 0.25) is 0 Å². The second kappa shape index (κ2) is 8.06. The average Bonchev–Trinajstić information content (AvgIpc) is 2.43. The molecule has 2 rings (SSSR count). The summed E-state index contributed by atoms with van der Waals surface area (Å²) in [5.74, 6) is 0. The van der Waals surface area contributed by atoms with Gasteiger partial charge >= 0.3 is 0 Å². The fraction of sp³-hybridized carbons (Fsp3) is 0.143. The predicted molar refractivity (Wildman–Crippen MR) is 80.0 cm³/mol. The van der Waals surface area contributed by atoms with Crippen LogP contribution in [0, 0.1) is 0 Å². The lowest BCUT2D eigenvalue weighted by atomic mass is 10.4. The maximum atomic E-state index is 12.0. The van der Waals surface area contributed by atoms with Gasteiger partial charge < -0.3 is 0 Å². The zero-order valence-electron chi connectivity index (χ0n) is 10.4. The van der Waals surface area contributed by atoms with Crippen molar-refractivity contribution in [3.8, 4) is 0 Å². The Labute approximate surface area is 119 Å². The van der Waals surface area contributed by atoms with Crippen LogP contribution in [-0.4, -0.2) is 8.42 Å². The minimum absolute atomic E-state index is 0. The monoisotopic (exact) mass is 328 g/mol. The third-order valence-electron chi connectivity index (χ3n) is 2.11. The first-order valence-electron chi connectivity index (χ1n) is 5.56. The maximum absolute atomic E-state index is 12.0. The van der Waals surface area contributed by atoms with Crippen LogP contribution in [0.5, 0.6) is 0 Å². The van der Waals surface area contributed by atoms with E-state index in [1.54, 1.807) is 60.7 Å². The number of benzene rings is 2. The van der Waals surface area contributed by atoms with Crippen LogP contribution in [0.15, 0.2) is 70.5 Å². The number of rotatable bonds is 2. The van der Waals surface area contributed by atoms with Gasteiger partial charge in [0.25, 0.3) is 0 Å². The molecule has 0 aliphatic carbocycles. The Balaban J connectivity index is 0.000000917. The molecule has 0 aliphatic heterocycles. The molecule has 2 aromatic carbocycles. The molecule has 0 fully saturated rings. The zero-order chi connectivity index (χ0) is 12.7. The number of halogens is 1. The molecule has 0 atom stereocenters. The molecule has 0 unspecified atom stereocenters. The molecule has 0 bridgehead atoms. The first kappa shape index (κ1) is 16.9. The van der Waals surface area contributed by atoms with Gasteiger partial charge in [-0.15, -0.1) is 17.0 Å². The molecule has 0 radical (unpaired) electrons. The van der Waals surface area contributed by atoms with E-state index in [0.717, 1.165) is 0 Å². The Morgan fingerprint density at radius 3 is 1.22 bits per heavy atom. The van der Waals surface area contributed by atoms with Crippen LogP contribution in [0.4, 0.5) is 0 Å². The molecule has 0 spiro atoms. The lowest BCUT2D eigenvalue weighted by molar-refractivity contribution is 0.596. The topological polar surface area (TPSA) is 34.1 Å². The van der Waals surface area contributed by atoms with Gasteiger partial charge in [0.15, 0.2) is 0 Å². The van der Waals surface area contributed by atoms with E-state index in [-0.39, 0.29) is 17.0 Å². The van der Waals surface area contributed by atoms with E-state index in [1.165, 1.54) is 0 Å². The second-order valence-electron chi connectivity index (χ2n) is 3.13. The van der Waals surface area contributed by atoms with Crippen molar-refractivity contribution in [1.29, 1.82) is 0 Å². The van der Waals surface area contributed by atoms with Gasteiger partial charge in [-0.25, -0.2) is 8.42 Å². The summed E-state index contributed by atoms with van der Waals surface area (Å²) in [4.78, 5) is 0.660. The van der Waals surface area contributed by atoms with Gasteiger partial charge in [-0.2, -0.15) is 0 Å². The Bertz CT molecular complexity index is 491. The molecule has 18 heavy (non-hydrogen) atoms. The van der Waals surface area contributed by atoms with Gasteiger partial charge in [0, 0.05) is 0 Å². The summed E-state index contributed by atoms with van der Waals surface area (Å²) < 4.78 is 24.1.